The van der Waals surface area contributed by atoms with Crippen molar-refractivity contribution >= 4 is 15.9 Å². The lowest BCUT2D eigenvalue weighted by molar-refractivity contribution is 0.0283. The van der Waals surface area contributed by atoms with Gasteiger partial charge in [-0.15, -0.1) is 0 Å². The Balaban J connectivity index is 2.09. The Bertz CT molecular complexity index is 1230. The van der Waals surface area contributed by atoms with Crippen LogP contribution < -0.4 is 0 Å². The fourth-order valence-corrected chi connectivity index (χ4v) is 4.29. The Labute approximate surface area is 186 Å². The van der Waals surface area contributed by atoms with Crippen LogP contribution in [0.3, 0.4) is 0 Å². The second-order valence-corrected chi connectivity index (χ2v) is 10.2. The summed E-state index contributed by atoms with van der Waals surface area (Å²) in [5.74, 6) is -0.529. The van der Waals surface area contributed by atoms with E-state index in [-0.39, 0.29) is 22.2 Å². The van der Waals surface area contributed by atoms with Gasteiger partial charge in [-0.25, -0.2) is 22.3 Å². The zero-order valence-electron chi connectivity index (χ0n) is 18.5. The molecular weight excluding hydrogens is 435 g/mol. The van der Waals surface area contributed by atoms with Crippen LogP contribution in [0.1, 0.15) is 32.0 Å². The zero-order valence-corrected chi connectivity index (χ0v) is 19.4. The minimum atomic E-state index is -4.03. The molecule has 32 heavy (non-hydrogen) atoms. The molecule has 0 aliphatic rings. The van der Waals surface area contributed by atoms with Gasteiger partial charge in [-0.05, 0) is 57.5 Å². The van der Waals surface area contributed by atoms with Gasteiger partial charge in [-0.2, -0.15) is 5.10 Å². The summed E-state index contributed by atoms with van der Waals surface area (Å²) in [5, 5.41) is 4.23. The number of aromatic nitrogens is 3. The molecule has 0 N–H and O–H groups in total. The van der Waals surface area contributed by atoms with Gasteiger partial charge in [0.05, 0.1) is 22.8 Å². The Morgan fingerprint density at radius 3 is 2.56 bits per heavy atom. The summed E-state index contributed by atoms with van der Waals surface area (Å²) < 4.78 is 47.2. The Kier molecular flexibility index (Phi) is 6.36. The van der Waals surface area contributed by atoms with Crippen molar-refractivity contribution in [3.63, 3.8) is 0 Å². The first-order chi connectivity index (χ1) is 14.9. The van der Waals surface area contributed by atoms with E-state index in [1.54, 1.807) is 33.8 Å². The largest absolute Gasteiger partial charge is 0.444 e. The van der Waals surface area contributed by atoms with Crippen LogP contribution in [-0.4, -0.2) is 46.8 Å². The molecule has 0 atom stereocenters. The standard InChI is InChI=1S/C22H25FN4O4S/c1-15-8-9-16(23)11-19(15)27-20(32(29,30)18-7-6-10-24-13-18)12-17(25-27)14-26(5)21(28)31-22(2,3)4/h6-13H,14H2,1-5H3. The SMILES string of the molecule is Cc1ccc(F)cc1-n1nc(CN(C)C(=O)OC(C)(C)C)cc1S(=O)(=O)c1cccnc1. The van der Waals surface area contributed by atoms with Crippen LogP contribution in [0.15, 0.2) is 58.7 Å². The fourth-order valence-electron chi connectivity index (χ4n) is 2.94. The van der Waals surface area contributed by atoms with Gasteiger partial charge in [0, 0.05) is 25.5 Å². The summed E-state index contributed by atoms with van der Waals surface area (Å²) in [4.78, 5) is 17.5. The first-order valence-corrected chi connectivity index (χ1v) is 11.3. The van der Waals surface area contributed by atoms with Crippen molar-refractivity contribution in [2.75, 3.05) is 7.05 Å². The lowest BCUT2D eigenvalue weighted by Gasteiger charge is -2.24. The fraction of sp³-hybridized carbons (Fsp3) is 0.318. The monoisotopic (exact) mass is 460 g/mol. The van der Waals surface area contributed by atoms with Crippen LogP contribution in [0, 0.1) is 12.7 Å². The normalized spacial score (nSPS) is 11.9. The number of carbonyl (C=O) groups excluding carboxylic acids is 1. The summed E-state index contributed by atoms with van der Waals surface area (Å²) in [6.07, 6.45) is 2.12. The van der Waals surface area contributed by atoms with Crippen molar-refractivity contribution < 1.29 is 22.3 Å². The molecule has 0 fully saturated rings. The summed E-state index contributed by atoms with van der Waals surface area (Å²) in [6.45, 7) is 6.96. The number of carbonyl (C=O) groups is 1. The third-order valence-electron chi connectivity index (χ3n) is 4.45. The Morgan fingerprint density at radius 2 is 1.94 bits per heavy atom. The molecule has 0 saturated carbocycles. The number of hydrogen-bond acceptors (Lipinski definition) is 6. The molecule has 8 nitrogen and oxygen atoms in total. The predicted molar refractivity (Wildman–Crippen MR) is 116 cm³/mol. The highest BCUT2D eigenvalue weighted by molar-refractivity contribution is 7.91. The maximum Gasteiger partial charge on any atom is 0.410 e. The molecule has 3 rings (SSSR count). The van der Waals surface area contributed by atoms with Crippen LogP contribution in [-0.2, 0) is 21.1 Å². The molecule has 0 unspecified atom stereocenters. The van der Waals surface area contributed by atoms with Gasteiger partial charge in [0.2, 0.25) is 9.84 Å². The second kappa shape index (κ2) is 8.70. The highest BCUT2D eigenvalue weighted by Crippen LogP contribution is 2.26. The van der Waals surface area contributed by atoms with Gasteiger partial charge < -0.3 is 9.64 Å². The first-order valence-electron chi connectivity index (χ1n) is 9.83. The average molecular weight is 461 g/mol. The summed E-state index contributed by atoms with van der Waals surface area (Å²) in [5.41, 5.74) is 0.519. The van der Waals surface area contributed by atoms with Crippen molar-refractivity contribution in [2.45, 2.75) is 49.8 Å². The van der Waals surface area contributed by atoms with Crippen LogP contribution in [0.2, 0.25) is 0 Å². The number of ether oxygens (including phenoxy) is 1. The summed E-state index contributed by atoms with van der Waals surface area (Å²) in [7, 11) is -2.51. The van der Waals surface area contributed by atoms with Crippen molar-refractivity contribution in [2.24, 2.45) is 0 Å². The van der Waals surface area contributed by atoms with Crippen LogP contribution in [0.5, 0.6) is 0 Å². The predicted octanol–water partition coefficient (Wildman–Crippen LogP) is 3.91. The van der Waals surface area contributed by atoms with Gasteiger partial charge in [0.15, 0.2) is 5.03 Å². The van der Waals surface area contributed by atoms with E-state index < -0.39 is 27.3 Å². The van der Waals surface area contributed by atoms with Crippen LogP contribution in [0.4, 0.5) is 9.18 Å². The molecule has 2 heterocycles. The van der Waals surface area contributed by atoms with Crippen molar-refractivity contribution in [3.05, 3.63) is 65.9 Å². The average Bonchev–Trinajstić information content (AvgIpc) is 3.13. The third-order valence-corrected chi connectivity index (χ3v) is 6.15. The quantitative estimate of drug-likeness (QED) is 0.573. The lowest BCUT2D eigenvalue weighted by atomic mass is 10.2. The maximum absolute atomic E-state index is 14.0. The zero-order chi connectivity index (χ0) is 23.7. The molecule has 170 valence electrons. The van der Waals surface area contributed by atoms with Crippen molar-refractivity contribution in [3.8, 4) is 5.69 Å². The molecule has 1 amide bonds. The molecule has 0 aliphatic heterocycles. The molecule has 10 heteroatoms. The van der Waals surface area contributed by atoms with E-state index in [4.69, 9.17) is 4.74 Å². The van der Waals surface area contributed by atoms with Gasteiger partial charge in [-0.1, -0.05) is 6.07 Å². The highest BCUT2D eigenvalue weighted by Gasteiger charge is 2.27. The van der Waals surface area contributed by atoms with Crippen LogP contribution in [0.25, 0.3) is 5.69 Å². The number of sulfone groups is 1. The van der Waals surface area contributed by atoms with E-state index in [0.29, 0.717) is 11.3 Å². The molecule has 0 bridgehead atoms. The minimum absolute atomic E-state index is 0.00810. The number of rotatable bonds is 5. The molecule has 2 aromatic heterocycles. The number of nitrogens with zero attached hydrogens (tertiary/aromatic N) is 4. The number of hydrogen-bond donors (Lipinski definition) is 0. The Hall–Kier alpha value is -3.27. The van der Waals surface area contributed by atoms with Crippen molar-refractivity contribution in [1.82, 2.24) is 19.7 Å². The van der Waals surface area contributed by atoms with Crippen molar-refractivity contribution in [1.29, 1.82) is 0 Å². The number of halogens is 1. The van der Waals surface area contributed by atoms with Gasteiger partial charge in [0.1, 0.15) is 11.4 Å². The number of benzene rings is 1. The van der Waals surface area contributed by atoms with Gasteiger partial charge >= 0.3 is 6.09 Å². The van der Waals surface area contributed by atoms with E-state index in [2.05, 4.69) is 10.1 Å². The summed E-state index contributed by atoms with van der Waals surface area (Å²) >= 11 is 0. The van der Waals surface area contributed by atoms with E-state index in [0.717, 1.165) is 0 Å². The number of aryl methyl sites for hydroxylation is 1. The van der Waals surface area contributed by atoms with Gasteiger partial charge in [0.25, 0.3) is 0 Å². The molecule has 0 saturated heterocycles. The smallest absolute Gasteiger partial charge is 0.410 e. The third kappa shape index (κ3) is 5.13. The van der Waals surface area contributed by atoms with Crippen LogP contribution >= 0.6 is 0 Å². The molecule has 0 radical (unpaired) electrons. The molecule has 1 aromatic carbocycles. The molecule has 0 spiro atoms. The van der Waals surface area contributed by atoms with E-state index >= 15 is 0 Å². The van der Waals surface area contributed by atoms with E-state index in [1.165, 1.54) is 59.4 Å². The number of pyridine rings is 1. The van der Waals surface area contributed by atoms with Gasteiger partial charge in [-0.3, -0.25) is 4.98 Å². The Morgan fingerprint density at radius 1 is 1.22 bits per heavy atom. The maximum atomic E-state index is 14.0. The lowest BCUT2D eigenvalue weighted by Crippen LogP contribution is -2.33. The summed E-state index contributed by atoms with van der Waals surface area (Å²) in [6, 6.07) is 8.34. The number of amides is 1. The first kappa shape index (κ1) is 23.4. The molecule has 0 aliphatic carbocycles. The topological polar surface area (TPSA) is 94.4 Å². The molecular formula is C22H25FN4O4S. The molecule has 3 aromatic rings. The van der Waals surface area contributed by atoms with E-state index in [9.17, 15) is 17.6 Å². The highest BCUT2D eigenvalue weighted by atomic mass is 32.2. The van der Waals surface area contributed by atoms with E-state index in [1.807, 2.05) is 0 Å². The minimum Gasteiger partial charge on any atom is -0.444 e. The second-order valence-electron chi connectivity index (χ2n) is 8.35.